The fourth-order valence-corrected chi connectivity index (χ4v) is 2.19. The molecule has 0 heterocycles. The Morgan fingerprint density at radius 2 is 1.86 bits per heavy atom. The molecule has 110 valence electrons. The molecule has 1 atom stereocenters. The molecule has 21 heavy (non-hydrogen) atoms. The van der Waals surface area contributed by atoms with Crippen LogP contribution < -0.4 is 11.5 Å². The van der Waals surface area contributed by atoms with Crippen molar-refractivity contribution in [2.75, 3.05) is 18.5 Å². The number of carbonyl (C=O) groups is 1. The number of hydrogen-bond acceptors (Lipinski definition) is 4. The second kappa shape index (κ2) is 5.75. The average Bonchev–Trinajstić information content (AvgIpc) is 2.45. The first-order chi connectivity index (χ1) is 9.91. The summed E-state index contributed by atoms with van der Waals surface area (Å²) in [6, 6.07) is 11.5. The molecule has 0 fully saturated rings. The number of nitrogen functional groups attached to an aromatic ring is 2. The molecule has 2 rings (SSSR count). The number of amides is 1. The highest BCUT2D eigenvalue weighted by Crippen LogP contribution is 2.29. The lowest BCUT2D eigenvalue weighted by molar-refractivity contribution is 0.0742. The lowest BCUT2D eigenvalue weighted by Crippen LogP contribution is -2.30. The molecule has 5 N–H and O–H groups in total. The topological polar surface area (TPSA) is 92.6 Å². The number of hydrogen-bond donors (Lipinski definition) is 3. The molecule has 0 aliphatic rings. The van der Waals surface area contributed by atoms with E-state index in [1.807, 2.05) is 13.0 Å². The van der Waals surface area contributed by atoms with E-state index in [0.29, 0.717) is 22.5 Å². The Bertz CT molecular complexity index is 670. The van der Waals surface area contributed by atoms with Crippen molar-refractivity contribution in [3.8, 4) is 5.75 Å². The van der Waals surface area contributed by atoms with Crippen molar-refractivity contribution < 1.29 is 9.90 Å². The number of para-hydroxylation sites is 1. The van der Waals surface area contributed by atoms with Crippen LogP contribution in [0.15, 0.2) is 42.5 Å². The second-order valence-electron chi connectivity index (χ2n) is 5.00. The van der Waals surface area contributed by atoms with Crippen molar-refractivity contribution in [3.63, 3.8) is 0 Å². The van der Waals surface area contributed by atoms with Gasteiger partial charge in [-0.1, -0.05) is 18.2 Å². The van der Waals surface area contributed by atoms with Crippen molar-refractivity contribution in [3.05, 3.63) is 53.6 Å². The third-order valence-corrected chi connectivity index (χ3v) is 3.59. The third-order valence-electron chi connectivity index (χ3n) is 3.59. The van der Waals surface area contributed by atoms with Crippen LogP contribution in [-0.4, -0.2) is 23.0 Å². The van der Waals surface area contributed by atoms with Crippen LogP contribution in [0.2, 0.25) is 0 Å². The zero-order valence-electron chi connectivity index (χ0n) is 12.1. The molecule has 2 aromatic carbocycles. The molecule has 0 radical (unpaired) electrons. The largest absolute Gasteiger partial charge is 0.508 e. The van der Waals surface area contributed by atoms with Gasteiger partial charge in [-0.25, -0.2) is 0 Å². The van der Waals surface area contributed by atoms with E-state index in [-0.39, 0.29) is 17.7 Å². The molecule has 2 aromatic rings. The number of nitrogens with zero attached hydrogens (tertiary/aromatic N) is 1. The minimum Gasteiger partial charge on any atom is -0.508 e. The fourth-order valence-electron chi connectivity index (χ4n) is 2.19. The Kier molecular flexibility index (Phi) is 4.03. The van der Waals surface area contributed by atoms with Crippen LogP contribution in [-0.2, 0) is 0 Å². The summed E-state index contributed by atoms with van der Waals surface area (Å²) in [5.41, 5.74) is 13.4. The van der Waals surface area contributed by atoms with Gasteiger partial charge in [-0.15, -0.1) is 0 Å². The maximum Gasteiger partial charge on any atom is 0.256 e. The number of aromatic hydroxyl groups is 1. The van der Waals surface area contributed by atoms with Gasteiger partial charge in [0.05, 0.1) is 11.6 Å². The van der Waals surface area contributed by atoms with E-state index in [0.717, 1.165) is 0 Å². The van der Waals surface area contributed by atoms with Gasteiger partial charge in [-0.2, -0.15) is 0 Å². The summed E-state index contributed by atoms with van der Waals surface area (Å²) in [6.45, 7) is 1.85. The van der Waals surface area contributed by atoms with Crippen LogP contribution in [0, 0.1) is 0 Å². The summed E-state index contributed by atoms with van der Waals surface area (Å²) in [4.78, 5) is 14.1. The van der Waals surface area contributed by atoms with E-state index in [4.69, 9.17) is 11.5 Å². The molecule has 0 aromatic heterocycles. The zero-order chi connectivity index (χ0) is 15.6. The molecule has 0 saturated heterocycles. The van der Waals surface area contributed by atoms with E-state index < -0.39 is 0 Å². The predicted molar refractivity (Wildman–Crippen MR) is 83.9 cm³/mol. The first kappa shape index (κ1) is 14.7. The van der Waals surface area contributed by atoms with Crippen molar-refractivity contribution in [1.29, 1.82) is 0 Å². The Morgan fingerprint density at radius 1 is 1.19 bits per heavy atom. The van der Waals surface area contributed by atoms with Crippen LogP contribution in [0.3, 0.4) is 0 Å². The highest BCUT2D eigenvalue weighted by molar-refractivity contribution is 5.99. The summed E-state index contributed by atoms with van der Waals surface area (Å²) in [5.74, 6) is -0.0572. The summed E-state index contributed by atoms with van der Waals surface area (Å²) < 4.78 is 0. The van der Waals surface area contributed by atoms with E-state index in [1.165, 1.54) is 4.90 Å². The van der Waals surface area contributed by atoms with Crippen molar-refractivity contribution in [2.24, 2.45) is 0 Å². The smallest absolute Gasteiger partial charge is 0.256 e. The fraction of sp³-hybridized carbons (Fsp3) is 0.188. The number of phenols is 1. The van der Waals surface area contributed by atoms with Crippen LogP contribution in [0.1, 0.15) is 28.9 Å². The molecule has 5 heteroatoms. The first-order valence-corrected chi connectivity index (χ1v) is 6.62. The molecular weight excluding hydrogens is 266 g/mol. The van der Waals surface area contributed by atoms with Gasteiger partial charge >= 0.3 is 0 Å². The van der Waals surface area contributed by atoms with E-state index >= 15 is 0 Å². The monoisotopic (exact) mass is 285 g/mol. The van der Waals surface area contributed by atoms with Crippen LogP contribution >= 0.6 is 0 Å². The molecule has 0 spiro atoms. The van der Waals surface area contributed by atoms with Crippen molar-refractivity contribution >= 4 is 17.3 Å². The quantitative estimate of drug-likeness (QED) is 0.755. The zero-order valence-corrected chi connectivity index (χ0v) is 12.1. The van der Waals surface area contributed by atoms with Gasteiger partial charge < -0.3 is 21.5 Å². The lowest BCUT2D eigenvalue weighted by Gasteiger charge is -2.26. The summed E-state index contributed by atoms with van der Waals surface area (Å²) >= 11 is 0. The van der Waals surface area contributed by atoms with Gasteiger partial charge in [0.1, 0.15) is 5.75 Å². The minimum atomic E-state index is -0.282. The Hall–Kier alpha value is -2.69. The molecule has 1 unspecified atom stereocenters. The number of rotatable bonds is 3. The Morgan fingerprint density at radius 3 is 2.48 bits per heavy atom. The maximum atomic E-state index is 12.5. The molecule has 0 saturated carbocycles. The second-order valence-corrected chi connectivity index (χ2v) is 5.00. The Balaban J connectivity index is 2.29. The van der Waals surface area contributed by atoms with Gasteiger partial charge in [0.25, 0.3) is 5.91 Å². The average molecular weight is 285 g/mol. The standard InChI is InChI=1S/C16H19N3O2/c1-10(12-5-3-4-6-15(12)20)19(2)16(21)13-8-7-11(17)9-14(13)18/h3-10,20H,17-18H2,1-2H3. The highest BCUT2D eigenvalue weighted by atomic mass is 16.3. The molecular formula is C16H19N3O2. The maximum absolute atomic E-state index is 12.5. The van der Waals surface area contributed by atoms with E-state index in [2.05, 4.69) is 0 Å². The SMILES string of the molecule is CC(c1ccccc1O)N(C)C(=O)c1ccc(N)cc1N. The van der Waals surface area contributed by atoms with Crippen molar-refractivity contribution in [1.82, 2.24) is 4.90 Å². The van der Waals surface area contributed by atoms with Gasteiger partial charge in [0.2, 0.25) is 0 Å². The highest BCUT2D eigenvalue weighted by Gasteiger charge is 2.22. The minimum absolute atomic E-state index is 0.162. The molecule has 0 bridgehead atoms. The van der Waals surface area contributed by atoms with Gasteiger partial charge in [-0.05, 0) is 31.2 Å². The van der Waals surface area contributed by atoms with Crippen molar-refractivity contribution in [2.45, 2.75) is 13.0 Å². The number of phenolic OH excluding ortho intramolecular Hbond substituents is 1. The number of nitrogens with two attached hydrogens (primary N) is 2. The number of benzene rings is 2. The Labute approximate surface area is 123 Å². The summed E-state index contributed by atoms with van der Waals surface area (Å²) in [7, 11) is 1.68. The summed E-state index contributed by atoms with van der Waals surface area (Å²) in [6.07, 6.45) is 0. The molecule has 5 nitrogen and oxygen atoms in total. The van der Waals surface area contributed by atoms with Crippen LogP contribution in [0.4, 0.5) is 11.4 Å². The van der Waals surface area contributed by atoms with Gasteiger partial charge in [0.15, 0.2) is 0 Å². The first-order valence-electron chi connectivity index (χ1n) is 6.62. The third kappa shape index (κ3) is 2.91. The van der Waals surface area contributed by atoms with E-state index in [1.54, 1.807) is 43.4 Å². The summed E-state index contributed by atoms with van der Waals surface area (Å²) in [5, 5.41) is 9.89. The molecule has 1 amide bonds. The van der Waals surface area contributed by atoms with Gasteiger partial charge in [-0.3, -0.25) is 4.79 Å². The van der Waals surface area contributed by atoms with Gasteiger partial charge in [0, 0.05) is 24.0 Å². The van der Waals surface area contributed by atoms with Crippen LogP contribution in [0.25, 0.3) is 0 Å². The lowest BCUT2D eigenvalue weighted by atomic mass is 10.0. The van der Waals surface area contributed by atoms with Crippen LogP contribution in [0.5, 0.6) is 5.75 Å². The normalized spacial score (nSPS) is 11.9. The number of anilines is 2. The molecule has 0 aliphatic heterocycles. The van der Waals surface area contributed by atoms with E-state index in [9.17, 15) is 9.90 Å². The number of carbonyl (C=O) groups excluding carboxylic acids is 1. The predicted octanol–water partition coefficient (Wildman–Crippen LogP) is 2.39. The molecule has 0 aliphatic carbocycles.